The van der Waals surface area contributed by atoms with Crippen molar-refractivity contribution in [1.29, 1.82) is 0 Å². The van der Waals surface area contributed by atoms with Gasteiger partial charge < -0.3 is 15.6 Å². The molecule has 1 amide bonds. The van der Waals surface area contributed by atoms with Gasteiger partial charge in [0.25, 0.3) is 5.91 Å². The molecule has 8 nitrogen and oxygen atoms in total. The number of nitrogen functional groups attached to an aromatic ring is 1. The van der Waals surface area contributed by atoms with Crippen LogP contribution in [-0.4, -0.2) is 36.1 Å². The number of carbonyl (C=O) groups excluding carboxylic acids is 1. The first kappa shape index (κ1) is 18.8. The van der Waals surface area contributed by atoms with Crippen molar-refractivity contribution in [2.75, 3.05) is 5.73 Å². The fraction of sp³-hybridized carbons (Fsp3) is 0.200. The summed E-state index contributed by atoms with van der Waals surface area (Å²) in [4.78, 5) is 21.2. The molecule has 0 aliphatic carbocycles. The van der Waals surface area contributed by atoms with E-state index in [1.807, 2.05) is 6.92 Å². The number of benzene rings is 1. The fourth-order valence-corrected chi connectivity index (χ4v) is 3.17. The molecular formula is C20H18ClN7O. The standard InChI is InChI=1S/C20H18ClN7O/c1-12(4-3-5-14-11-23-18-15(22)8-9-24-28(14)18)25-20(29)19-26-16-7-6-13(21)10-17(16)27(19)2/h6-12H,4,22H2,1-2H3,(H,25,29)/t12-/m0/s1. The zero-order chi connectivity index (χ0) is 20.5. The zero-order valence-corrected chi connectivity index (χ0v) is 16.6. The number of halogens is 1. The van der Waals surface area contributed by atoms with E-state index in [4.69, 9.17) is 17.3 Å². The first-order chi connectivity index (χ1) is 13.9. The van der Waals surface area contributed by atoms with Crippen LogP contribution in [-0.2, 0) is 7.05 Å². The third-order valence-electron chi connectivity index (χ3n) is 4.48. The number of fused-ring (bicyclic) bond motifs is 2. The molecule has 4 rings (SSSR count). The smallest absolute Gasteiger partial charge is 0.287 e. The van der Waals surface area contributed by atoms with Crippen molar-refractivity contribution in [2.45, 2.75) is 19.4 Å². The van der Waals surface area contributed by atoms with Crippen LogP contribution >= 0.6 is 11.6 Å². The maximum Gasteiger partial charge on any atom is 0.287 e. The Bertz CT molecular complexity index is 1290. The molecule has 3 aromatic heterocycles. The topological polar surface area (TPSA) is 103 Å². The molecule has 4 aromatic rings. The van der Waals surface area contributed by atoms with Gasteiger partial charge in [-0.3, -0.25) is 4.79 Å². The van der Waals surface area contributed by atoms with E-state index in [0.29, 0.717) is 39.8 Å². The van der Waals surface area contributed by atoms with Crippen molar-refractivity contribution in [3.8, 4) is 11.8 Å². The molecular weight excluding hydrogens is 390 g/mol. The number of nitrogens with two attached hydrogens (primary N) is 1. The number of hydrogen-bond acceptors (Lipinski definition) is 5. The number of aryl methyl sites for hydroxylation is 1. The van der Waals surface area contributed by atoms with Crippen molar-refractivity contribution in [2.24, 2.45) is 7.05 Å². The van der Waals surface area contributed by atoms with Gasteiger partial charge in [-0.1, -0.05) is 17.5 Å². The van der Waals surface area contributed by atoms with Crippen molar-refractivity contribution in [3.63, 3.8) is 0 Å². The quantitative estimate of drug-likeness (QED) is 0.507. The summed E-state index contributed by atoms with van der Waals surface area (Å²) in [7, 11) is 1.79. The monoisotopic (exact) mass is 407 g/mol. The number of amides is 1. The maximum absolute atomic E-state index is 12.6. The van der Waals surface area contributed by atoms with Crippen LogP contribution in [0.1, 0.15) is 29.7 Å². The van der Waals surface area contributed by atoms with Crippen LogP contribution < -0.4 is 11.1 Å². The molecule has 0 aliphatic heterocycles. The van der Waals surface area contributed by atoms with Crippen LogP contribution in [0.5, 0.6) is 0 Å². The van der Waals surface area contributed by atoms with Gasteiger partial charge >= 0.3 is 0 Å². The van der Waals surface area contributed by atoms with E-state index in [2.05, 4.69) is 32.2 Å². The summed E-state index contributed by atoms with van der Waals surface area (Å²) in [6, 6.07) is 6.84. The van der Waals surface area contributed by atoms with Crippen molar-refractivity contribution in [3.05, 3.63) is 53.2 Å². The summed E-state index contributed by atoms with van der Waals surface area (Å²) >= 11 is 6.03. The second-order valence-corrected chi connectivity index (χ2v) is 7.11. The minimum absolute atomic E-state index is 0.171. The summed E-state index contributed by atoms with van der Waals surface area (Å²) in [5.41, 5.74) is 9.13. The van der Waals surface area contributed by atoms with E-state index in [9.17, 15) is 4.79 Å². The SMILES string of the molecule is C[C@@H](CC#Cc1cnc2c(N)ccnn12)NC(=O)c1nc2ccc(Cl)cc2n1C. The number of nitrogens with one attached hydrogen (secondary N) is 1. The van der Waals surface area contributed by atoms with E-state index in [-0.39, 0.29) is 11.9 Å². The highest BCUT2D eigenvalue weighted by Crippen LogP contribution is 2.19. The summed E-state index contributed by atoms with van der Waals surface area (Å²) in [6.45, 7) is 1.89. The molecule has 0 fully saturated rings. The third kappa shape index (κ3) is 3.60. The molecule has 3 heterocycles. The minimum atomic E-state index is -0.265. The Balaban J connectivity index is 1.46. The molecule has 0 bridgehead atoms. The number of imidazole rings is 2. The Labute approximate surface area is 171 Å². The fourth-order valence-electron chi connectivity index (χ4n) is 3.00. The number of nitrogens with zero attached hydrogens (tertiary/aromatic N) is 5. The predicted octanol–water partition coefficient (Wildman–Crippen LogP) is 2.41. The Kier molecular flexibility index (Phi) is 4.82. The molecule has 9 heteroatoms. The second-order valence-electron chi connectivity index (χ2n) is 6.67. The number of carbonyl (C=O) groups is 1. The molecule has 0 saturated heterocycles. The molecule has 0 aliphatic rings. The lowest BCUT2D eigenvalue weighted by Crippen LogP contribution is -2.33. The molecule has 0 unspecified atom stereocenters. The van der Waals surface area contributed by atoms with Gasteiger partial charge in [0, 0.05) is 24.5 Å². The van der Waals surface area contributed by atoms with E-state index in [1.54, 1.807) is 52.8 Å². The normalized spacial score (nSPS) is 12.0. The Morgan fingerprint density at radius 1 is 1.38 bits per heavy atom. The second kappa shape index (κ2) is 7.45. The predicted molar refractivity (Wildman–Crippen MR) is 112 cm³/mol. The van der Waals surface area contributed by atoms with Crippen molar-refractivity contribution >= 4 is 39.9 Å². The average Bonchev–Trinajstić information content (AvgIpc) is 3.24. The summed E-state index contributed by atoms with van der Waals surface area (Å²) in [5, 5.41) is 7.73. The van der Waals surface area contributed by atoms with Crippen LogP contribution in [0.15, 0.2) is 36.7 Å². The van der Waals surface area contributed by atoms with E-state index in [1.165, 1.54) is 0 Å². The molecule has 146 valence electrons. The first-order valence-electron chi connectivity index (χ1n) is 8.94. The van der Waals surface area contributed by atoms with Gasteiger partial charge in [-0.05, 0) is 37.1 Å². The lowest BCUT2D eigenvalue weighted by Gasteiger charge is -2.10. The minimum Gasteiger partial charge on any atom is -0.396 e. The number of aromatic nitrogens is 5. The van der Waals surface area contributed by atoms with Gasteiger partial charge in [0.15, 0.2) is 11.5 Å². The molecule has 3 N–H and O–H groups in total. The summed E-state index contributed by atoms with van der Waals surface area (Å²) in [6.07, 6.45) is 3.68. The van der Waals surface area contributed by atoms with Gasteiger partial charge in [-0.15, -0.1) is 0 Å². The van der Waals surface area contributed by atoms with Crippen LogP contribution in [0.25, 0.3) is 16.7 Å². The van der Waals surface area contributed by atoms with Crippen LogP contribution in [0.3, 0.4) is 0 Å². The van der Waals surface area contributed by atoms with E-state index >= 15 is 0 Å². The van der Waals surface area contributed by atoms with Crippen LogP contribution in [0, 0.1) is 11.8 Å². The van der Waals surface area contributed by atoms with Crippen molar-refractivity contribution < 1.29 is 4.79 Å². The number of anilines is 1. The van der Waals surface area contributed by atoms with Crippen LogP contribution in [0.4, 0.5) is 5.69 Å². The zero-order valence-electron chi connectivity index (χ0n) is 15.8. The van der Waals surface area contributed by atoms with Crippen molar-refractivity contribution in [1.82, 2.24) is 29.5 Å². The highest BCUT2D eigenvalue weighted by molar-refractivity contribution is 6.31. The van der Waals surface area contributed by atoms with Gasteiger partial charge in [0.05, 0.1) is 29.1 Å². The number of hydrogen-bond donors (Lipinski definition) is 2. The highest BCUT2D eigenvalue weighted by atomic mass is 35.5. The van der Waals surface area contributed by atoms with Crippen LogP contribution in [0.2, 0.25) is 5.02 Å². The van der Waals surface area contributed by atoms with Gasteiger partial charge in [-0.2, -0.15) is 5.10 Å². The summed E-state index contributed by atoms with van der Waals surface area (Å²) in [5.74, 6) is 6.13. The molecule has 0 spiro atoms. The Hall–Kier alpha value is -3.57. The highest BCUT2D eigenvalue weighted by Gasteiger charge is 2.17. The molecule has 0 saturated carbocycles. The van der Waals surface area contributed by atoms with Gasteiger partial charge in [0.1, 0.15) is 5.69 Å². The lowest BCUT2D eigenvalue weighted by atomic mass is 10.2. The summed E-state index contributed by atoms with van der Waals surface area (Å²) < 4.78 is 3.32. The van der Waals surface area contributed by atoms with Gasteiger partial charge in [-0.25, -0.2) is 14.5 Å². The van der Waals surface area contributed by atoms with E-state index in [0.717, 1.165) is 5.52 Å². The third-order valence-corrected chi connectivity index (χ3v) is 4.72. The Morgan fingerprint density at radius 2 is 2.21 bits per heavy atom. The largest absolute Gasteiger partial charge is 0.396 e. The molecule has 1 atom stereocenters. The van der Waals surface area contributed by atoms with Gasteiger partial charge in [0.2, 0.25) is 0 Å². The maximum atomic E-state index is 12.6. The lowest BCUT2D eigenvalue weighted by molar-refractivity contribution is 0.0928. The molecule has 0 radical (unpaired) electrons. The number of rotatable bonds is 3. The average molecular weight is 408 g/mol. The Morgan fingerprint density at radius 3 is 3.03 bits per heavy atom. The molecule has 1 aromatic carbocycles. The van der Waals surface area contributed by atoms with E-state index < -0.39 is 0 Å². The first-order valence-corrected chi connectivity index (χ1v) is 9.32. The molecule has 29 heavy (non-hydrogen) atoms.